The first kappa shape index (κ1) is 17.4. The normalized spacial score (nSPS) is 26.0. The topological polar surface area (TPSA) is 110 Å². The Kier molecular flexibility index (Phi) is 5.69. The van der Waals surface area contributed by atoms with Gasteiger partial charge in [-0.25, -0.2) is 0 Å². The second kappa shape index (κ2) is 6.87. The number of hydrogen-bond acceptors (Lipinski definition) is 4. The fourth-order valence-electron chi connectivity index (χ4n) is 3.25. The zero-order chi connectivity index (χ0) is 16.2. The zero-order valence-electron chi connectivity index (χ0n) is 12.8. The van der Waals surface area contributed by atoms with Gasteiger partial charge in [0.05, 0.1) is 5.92 Å². The molecule has 0 aromatic rings. The van der Waals surface area contributed by atoms with Gasteiger partial charge in [-0.05, 0) is 18.8 Å². The molecule has 120 valence electrons. The first-order chi connectivity index (χ1) is 9.75. The number of nitrogens with one attached hydrogen (secondary N) is 1. The van der Waals surface area contributed by atoms with Crippen molar-refractivity contribution in [3.63, 3.8) is 0 Å². The maximum absolute atomic E-state index is 11.5. The molecular weight excluding hydrogens is 276 g/mol. The number of amides is 1. The molecule has 1 rings (SSSR count). The van der Waals surface area contributed by atoms with Crippen molar-refractivity contribution in [2.75, 3.05) is 0 Å². The Hall–Kier alpha value is -1.66. The smallest absolute Gasteiger partial charge is 0.306 e. The highest BCUT2D eigenvalue weighted by atomic mass is 16.6. The molecule has 0 aliphatic heterocycles. The van der Waals surface area contributed by atoms with Gasteiger partial charge in [0.25, 0.3) is 0 Å². The lowest BCUT2D eigenvalue weighted by atomic mass is 9.62. The van der Waals surface area contributed by atoms with Crippen molar-refractivity contribution in [1.82, 2.24) is 5.32 Å². The molecule has 1 amide bonds. The third-order valence-corrected chi connectivity index (χ3v) is 4.60. The summed E-state index contributed by atoms with van der Waals surface area (Å²) in [6.45, 7) is 5.28. The molecule has 1 aliphatic rings. The van der Waals surface area contributed by atoms with Gasteiger partial charge in [-0.2, -0.15) is 0 Å². The highest BCUT2D eigenvalue weighted by Crippen LogP contribution is 2.43. The molecule has 0 saturated heterocycles. The van der Waals surface area contributed by atoms with Crippen LogP contribution in [0.2, 0.25) is 0 Å². The molecule has 21 heavy (non-hydrogen) atoms. The Balaban J connectivity index is 2.95. The zero-order valence-corrected chi connectivity index (χ0v) is 12.8. The van der Waals surface area contributed by atoms with Gasteiger partial charge in [0.2, 0.25) is 11.9 Å². The van der Waals surface area contributed by atoms with Crippen LogP contribution in [0, 0.1) is 22.0 Å². The molecule has 7 nitrogen and oxygen atoms in total. The third-order valence-electron chi connectivity index (χ3n) is 4.60. The molecule has 0 aromatic heterocycles. The molecule has 0 heterocycles. The summed E-state index contributed by atoms with van der Waals surface area (Å²) < 4.78 is 0. The van der Waals surface area contributed by atoms with E-state index in [1.807, 2.05) is 13.8 Å². The van der Waals surface area contributed by atoms with E-state index in [4.69, 9.17) is 5.11 Å². The van der Waals surface area contributed by atoms with Crippen LogP contribution in [-0.2, 0) is 9.59 Å². The number of carboxylic acids is 1. The van der Waals surface area contributed by atoms with Gasteiger partial charge in [-0.3, -0.25) is 19.7 Å². The third kappa shape index (κ3) is 3.92. The molecule has 1 aliphatic carbocycles. The standard InChI is InChI=1S/C14H24N2O5/c1-4-10(5-2)6-12(16(20)21)14(15-9(3)17)7-11(8-14)13(18)19/h10-12H,4-8H2,1-3H3,(H,15,17)(H,18,19). The number of aliphatic carboxylic acids is 1. The summed E-state index contributed by atoms with van der Waals surface area (Å²) >= 11 is 0. The quantitative estimate of drug-likeness (QED) is 0.525. The minimum absolute atomic E-state index is 0.133. The van der Waals surface area contributed by atoms with E-state index < -0.39 is 23.5 Å². The molecule has 2 N–H and O–H groups in total. The second-order valence-electron chi connectivity index (χ2n) is 6.00. The Labute approximate surface area is 124 Å². The number of nitro groups is 1. The minimum Gasteiger partial charge on any atom is -0.481 e. The van der Waals surface area contributed by atoms with Crippen molar-refractivity contribution < 1.29 is 19.6 Å². The molecule has 1 fully saturated rings. The van der Waals surface area contributed by atoms with E-state index in [9.17, 15) is 19.7 Å². The first-order valence-electron chi connectivity index (χ1n) is 7.40. The van der Waals surface area contributed by atoms with Crippen molar-refractivity contribution in [2.24, 2.45) is 11.8 Å². The summed E-state index contributed by atoms with van der Waals surface area (Å²) in [6.07, 6.45) is 2.30. The van der Waals surface area contributed by atoms with Crippen molar-refractivity contribution in [1.29, 1.82) is 0 Å². The Morgan fingerprint density at radius 3 is 2.24 bits per heavy atom. The molecule has 0 aromatic carbocycles. The van der Waals surface area contributed by atoms with Crippen molar-refractivity contribution in [3.05, 3.63) is 10.1 Å². The maximum atomic E-state index is 11.5. The van der Waals surface area contributed by atoms with Gasteiger partial charge in [0.15, 0.2) is 0 Å². The van der Waals surface area contributed by atoms with Crippen LogP contribution in [0.5, 0.6) is 0 Å². The van der Waals surface area contributed by atoms with Crippen molar-refractivity contribution in [2.45, 2.75) is 64.5 Å². The van der Waals surface area contributed by atoms with Gasteiger partial charge in [0.1, 0.15) is 5.54 Å². The average molecular weight is 300 g/mol. The van der Waals surface area contributed by atoms with Crippen LogP contribution in [0.15, 0.2) is 0 Å². The van der Waals surface area contributed by atoms with Gasteiger partial charge in [0, 0.05) is 18.3 Å². The molecular formula is C14H24N2O5. The van der Waals surface area contributed by atoms with Crippen LogP contribution in [0.25, 0.3) is 0 Å². The molecule has 1 unspecified atom stereocenters. The fourth-order valence-corrected chi connectivity index (χ4v) is 3.25. The first-order valence-corrected chi connectivity index (χ1v) is 7.40. The number of hydrogen-bond donors (Lipinski definition) is 2. The lowest BCUT2D eigenvalue weighted by molar-refractivity contribution is -0.541. The number of carbonyl (C=O) groups is 2. The summed E-state index contributed by atoms with van der Waals surface area (Å²) in [7, 11) is 0. The number of carboxylic acid groups (broad SMARTS) is 1. The molecule has 0 bridgehead atoms. The van der Waals surface area contributed by atoms with Gasteiger partial charge in [-0.15, -0.1) is 0 Å². The Morgan fingerprint density at radius 2 is 1.90 bits per heavy atom. The Bertz CT molecular complexity index is 414. The monoisotopic (exact) mass is 300 g/mol. The highest BCUT2D eigenvalue weighted by Gasteiger charge is 2.58. The number of nitrogens with zero attached hydrogens (tertiary/aromatic N) is 1. The number of rotatable bonds is 8. The lowest BCUT2D eigenvalue weighted by Crippen LogP contribution is -2.67. The summed E-state index contributed by atoms with van der Waals surface area (Å²) in [5, 5.41) is 23.2. The molecule has 1 saturated carbocycles. The summed E-state index contributed by atoms with van der Waals surface area (Å²) in [5.41, 5.74) is -1.01. The van der Waals surface area contributed by atoms with E-state index in [0.29, 0.717) is 6.42 Å². The predicted octanol–water partition coefficient (Wildman–Crippen LogP) is 1.83. The van der Waals surface area contributed by atoms with E-state index in [2.05, 4.69) is 5.32 Å². The van der Waals surface area contributed by atoms with Crippen LogP contribution in [0.1, 0.15) is 52.9 Å². The van der Waals surface area contributed by atoms with E-state index in [0.717, 1.165) is 12.8 Å². The van der Waals surface area contributed by atoms with Crippen LogP contribution < -0.4 is 5.32 Å². The summed E-state index contributed by atoms with van der Waals surface area (Å²) in [4.78, 5) is 33.5. The van der Waals surface area contributed by atoms with Crippen molar-refractivity contribution in [3.8, 4) is 0 Å². The van der Waals surface area contributed by atoms with E-state index in [1.54, 1.807) is 0 Å². The molecule has 1 atom stereocenters. The van der Waals surface area contributed by atoms with Gasteiger partial charge in [-0.1, -0.05) is 26.7 Å². The lowest BCUT2D eigenvalue weighted by Gasteiger charge is -2.47. The van der Waals surface area contributed by atoms with E-state index in [-0.39, 0.29) is 29.6 Å². The minimum atomic E-state index is -1.01. The van der Waals surface area contributed by atoms with Crippen LogP contribution >= 0.6 is 0 Å². The number of carbonyl (C=O) groups excluding carboxylic acids is 1. The van der Waals surface area contributed by atoms with Crippen molar-refractivity contribution >= 4 is 11.9 Å². The van der Waals surface area contributed by atoms with Crippen LogP contribution in [-0.4, -0.2) is 33.5 Å². The average Bonchev–Trinajstić information content (AvgIpc) is 2.34. The Morgan fingerprint density at radius 1 is 1.38 bits per heavy atom. The van der Waals surface area contributed by atoms with Crippen LogP contribution in [0.3, 0.4) is 0 Å². The van der Waals surface area contributed by atoms with E-state index in [1.165, 1.54) is 6.92 Å². The highest BCUT2D eigenvalue weighted by molar-refractivity contribution is 5.76. The van der Waals surface area contributed by atoms with Gasteiger partial charge < -0.3 is 10.4 Å². The summed E-state index contributed by atoms with van der Waals surface area (Å²) in [5.74, 6) is -1.72. The largest absolute Gasteiger partial charge is 0.481 e. The summed E-state index contributed by atoms with van der Waals surface area (Å²) in [6, 6.07) is -0.929. The molecule has 0 radical (unpaired) electrons. The fraction of sp³-hybridized carbons (Fsp3) is 0.857. The predicted molar refractivity (Wildman–Crippen MR) is 76.4 cm³/mol. The molecule has 0 spiro atoms. The van der Waals surface area contributed by atoms with Gasteiger partial charge >= 0.3 is 5.97 Å². The van der Waals surface area contributed by atoms with Crippen LogP contribution in [0.4, 0.5) is 0 Å². The maximum Gasteiger partial charge on any atom is 0.306 e. The molecule has 7 heteroatoms. The SMILES string of the molecule is CCC(CC)CC([N+](=O)[O-])C1(NC(C)=O)CC(C(=O)O)C1. The second-order valence-corrected chi connectivity index (χ2v) is 6.00. The van der Waals surface area contributed by atoms with E-state index >= 15 is 0 Å².